The molecule has 4 heteroatoms. The maximum absolute atomic E-state index is 12.3. The smallest absolute Gasteiger partial charge is 0.251 e. The highest BCUT2D eigenvalue weighted by Gasteiger charge is 2.21. The number of ether oxygens (including phenoxy) is 2. The van der Waals surface area contributed by atoms with E-state index in [1.54, 1.807) is 12.1 Å². The van der Waals surface area contributed by atoms with Gasteiger partial charge in [-0.25, -0.2) is 0 Å². The SMILES string of the molecule is CCCOc1ccc(C(=O)NC[C@H]2OCCc3ccccc32)cc1. The van der Waals surface area contributed by atoms with Gasteiger partial charge in [-0.1, -0.05) is 31.2 Å². The fourth-order valence-corrected chi connectivity index (χ4v) is 2.86. The summed E-state index contributed by atoms with van der Waals surface area (Å²) in [6.07, 6.45) is 1.82. The summed E-state index contributed by atoms with van der Waals surface area (Å²) >= 11 is 0. The highest BCUT2D eigenvalue weighted by molar-refractivity contribution is 5.94. The highest BCUT2D eigenvalue weighted by Crippen LogP contribution is 2.26. The third-order valence-electron chi connectivity index (χ3n) is 4.13. The zero-order valence-electron chi connectivity index (χ0n) is 14.0. The lowest BCUT2D eigenvalue weighted by Gasteiger charge is -2.26. The molecule has 0 aromatic heterocycles. The minimum Gasteiger partial charge on any atom is -0.494 e. The topological polar surface area (TPSA) is 47.6 Å². The van der Waals surface area contributed by atoms with E-state index in [1.807, 2.05) is 24.3 Å². The van der Waals surface area contributed by atoms with Crippen molar-refractivity contribution < 1.29 is 14.3 Å². The Labute approximate surface area is 142 Å². The van der Waals surface area contributed by atoms with Gasteiger partial charge in [0.25, 0.3) is 5.91 Å². The van der Waals surface area contributed by atoms with Crippen LogP contribution in [0.2, 0.25) is 0 Å². The van der Waals surface area contributed by atoms with Gasteiger partial charge in [-0.2, -0.15) is 0 Å². The maximum atomic E-state index is 12.3. The molecule has 0 bridgehead atoms. The summed E-state index contributed by atoms with van der Waals surface area (Å²) in [5.41, 5.74) is 3.11. The Morgan fingerprint density at radius 3 is 2.79 bits per heavy atom. The van der Waals surface area contributed by atoms with E-state index in [0.717, 1.165) is 18.6 Å². The predicted octanol–water partition coefficient (Wildman–Crippen LogP) is 3.52. The van der Waals surface area contributed by atoms with Crippen molar-refractivity contribution in [2.45, 2.75) is 25.9 Å². The number of nitrogens with one attached hydrogen (secondary N) is 1. The molecular formula is C20H23NO3. The van der Waals surface area contributed by atoms with E-state index in [2.05, 4.69) is 24.4 Å². The van der Waals surface area contributed by atoms with E-state index in [9.17, 15) is 4.79 Å². The number of carbonyl (C=O) groups excluding carboxylic acids is 1. The van der Waals surface area contributed by atoms with Crippen molar-refractivity contribution >= 4 is 5.91 Å². The summed E-state index contributed by atoms with van der Waals surface area (Å²) in [5.74, 6) is 0.696. The first kappa shape index (κ1) is 16.5. The number of fused-ring (bicyclic) bond motifs is 1. The van der Waals surface area contributed by atoms with Gasteiger partial charge >= 0.3 is 0 Å². The zero-order valence-corrected chi connectivity index (χ0v) is 14.0. The van der Waals surface area contributed by atoms with Crippen LogP contribution in [0.15, 0.2) is 48.5 Å². The summed E-state index contributed by atoms with van der Waals surface area (Å²) in [4.78, 5) is 12.3. The normalized spacial score (nSPS) is 16.3. The quantitative estimate of drug-likeness (QED) is 0.884. The molecule has 0 radical (unpaired) electrons. The number of rotatable bonds is 6. The number of carbonyl (C=O) groups is 1. The van der Waals surface area contributed by atoms with Crippen molar-refractivity contribution in [1.29, 1.82) is 0 Å². The number of hydrogen-bond acceptors (Lipinski definition) is 3. The number of hydrogen-bond donors (Lipinski definition) is 1. The monoisotopic (exact) mass is 325 g/mol. The Balaban J connectivity index is 1.58. The Hall–Kier alpha value is -2.33. The molecule has 2 aromatic rings. The molecule has 0 fully saturated rings. The van der Waals surface area contributed by atoms with E-state index in [1.165, 1.54) is 11.1 Å². The molecule has 1 aliphatic heterocycles. The molecule has 126 valence electrons. The second kappa shape index (κ2) is 7.97. The van der Waals surface area contributed by atoms with Crippen LogP contribution in [0.1, 0.15) is 40.9 Å². The first-order valence-corrected chi connectivity index (χ1v) is 8.48. The average Bonchev–Trinajstić information content (AvgIpc) is 2.64. The first-order chi connectivity index (χ1) is 11.8. The van der Waals surface area contributed by atoms with Crippen LogP contribution in [-0.2, 0) is 11.2 Å². The standard InChI is InChI=1S/C20H23NO3/c1-2-12-23-17-9-7-16(8-10-17)20(22)21-14-19-18-6-4-3-5-15(18)11-13-24-19/h3-10,19H,2,11-14H2,1H3,(H,21,22)/t19-/m1/s1. The first-order valence-electron chi connectivity index (χ1n) is 8.48. The molecule has 1 atom stereocenters. The number of amides is 1. The molecule has 0 saturated carbocycles. The molecule has 2 aromatic carbocycles. The summed E-state index contributed by atoms with van der Waals surface area (Å²) in [7, 11) is 0. The molecule has 0 unspecified atom stereocenters. The molecule has 1 amide bonds. The van der Waals surface area contributed by atoms with E-state index in [4.69, 9.17) is 9.47 Å². The van der Waals surface area contributed by atoms with Crippen molar-refractivity contribution in [3.8, 4) is 5.75 Å². The van der Waals surface area contributed by atoms with E-state index >= 15 is 0 Å². The molecule has 0 aliphatic carbocycles. The summed E-state index contributed by atoms with van der Waals surface area (Å²) in [5, 5.41) is 2.97. The van der Waals surface area contributed by atoms with Crippen LogP contribution < -0.4 is 10.1 Å². The summed E-state index contributed by atoms with van der Waals surface area (Å²) < 4.78 is 11.4. The van der Waals surface area contributed by atoms with Crippen LogP contribution in [-0.4, -0.2) is 25.7 Å². The van der Waals surface area contributed by atoms with E-state index < -0.39 is 0 Å². The van der Waals surface area contributed by atoms with E-state index in [-0.39, 0.29) is 12.0 Å². The molecule has 1 aliphatic rings. The van der Waals surface area contributed by atoms with Crippen molar-refractivity contribution in [3.63, 3.8) is 0 Å². The fraction of sp³-hybridized carbons (Fsp3) is 0.350. The molecule has 4 nitrogen and oxygen atoms in total. The largest absolute Gasteiger partial charge is 0.494 e. The van der Waals surface area contributed by atoms with Crippen molar-refractivity contribution in [2.24, 2.45) is 0 Å². The van der Waals surface area contributed by atoms with Crippen LogP contribution in [0.25, 0.3) is 0 Å². The average molecular weight is 325 g/mol. The van der Waals surface area contributed by atoms with Gasteiger partial charge in [0.2, 0.25) is 0 Å². The van der Waals surface area contributed by atoms with Gasteiger partial charge in [0.15, 0.2) is 0 Å². The van der Waals surface area contributed by atoms with Gasteiger partial charge in [-0.05, 0) is 48.2 Å². The summed E-state index contributed by atoms with van der Waals surface area (Å²) in [6.45, 7) is 3.92. The molecular weight excluding hydrogens is 302 g/mol. The minimum atomic E-state index is -0.0938. The Morgan fingerprint density at radius 2 is 2.00 bits per heavy atom. The fourth-order valence-electron chi connectivity index (χ4n) is 2.86. The Morgan fingerprint density at radius 1 is 1.21 bits per heavy atom. The van der Waals surface area contributed by atoms with Crippen LogP contribution in [0.4, 0.5) is 0 Å². The van der Waals surface area contributed by atoms with Crippen molar-refractivity contribution in [2.75, 3.05) is 19.8 Å². The van der Waals surface area contributed by atoms with Crippen LogP contribution in [0, 0.1) is 0 Å². The minimum absolute atomic E-state index is 0.0777. The lowest BCUT2D eigenvalue weighted by atomic mass is 9.97. The molecule has 1 heterocycles. The van der Waals surface area contributed by atoms with Gasteiger partial charge in [-0.3, -0.25) is 4.79 Å². The van der Waals surface area contributed by atoms with Gasteiger partial charge in [0, 0.05) is 12.1 Å². The van der Waals surface area contributed by atoms with Gasteiger partial charge < -0.3 is 14.8 Å². The van der Waals surface area contributed by atoms with Gasteiger partial charge in [0.05, 0.1) is 13.2 Å². The van der Waals surface area contributed by atoms with Crippen LogP contribution >= 0.6 is 0 Å². The Kier molecular flexibility index (Phi) is 5.49. The van der Waals surface area contributed by atoms with Gasteiger partial charge in [0.1, 0.15) is 11.9 Å². The van der Waals surface area contributed by atoms with Crippen molar-refractivity contribution in [3.05, 3.63) is 65.2 Å². The molecule has 1 N–H and O–H groups in total. The number of benzene rings is 2. The third-order valence-corrected chi connectivity index (χ3v) is 4.13. The second-order valence-electron chi connectivity index (χ2n) is 5.89. The molecule has 0 saturated heterocycles. The Bertz CT molecular complexity index is 682. The second-order valence-corrected chi connectivity index (χ2v) is 5.89. The predicted molar refractivity (Wildman–Crippen MR) is 93.4 cm³/mol. The molecule has 24 heavy (non-hydrogen) atoms. The maximum Gasteiger partial charge on any atom is 0.251 e. The zero-order chi connectivity index (χ0) is 16.8. The third kappa shape index (κ3) is 3.95. The van der Waals surface area contributed by atoms with Crippen LogP contribution in [0.3, 0.4) is 0 Å². The van der Waals surface area contributed by atoms with Crippen LogP contribution in [0.5, 0.6) is 5.75 Å². The van der Waals surface area contributed by atoms with Crippen molar-refractivity contribution in [1.82, 2.24) is 5.32 Å². The van der Waals surface area contributed by atoms with E-state index in [0.29, 0.717) is 25.3 Å². The lowest BCUT2D eigenvalue weighted by Crippen LogP contribution is -2.31. The molecule has 3 rings (SSSR count). The molecule has 0 spiro atoms. The van der Waals surface area contributed by atoms with Gasteiger partial charge in [-0.15, -0.1) is 0 Å². The highest BCUT2D eigenvalue weighted by atomic mass is 16.5. The lowest BCUT2D eigenvalue weighted by molar-refractivity contribution is 0.0411. The summed E-state index contributed by atoms with van der Waals surface area (Å²) in [6, 6.07) is 15.5.